The Kier molecular flexibility index (Phi) is 5.52. The van der Waals surface area contributed by atoms with E-state index < -0.39 is 21.5 Å². The van der Waals surface area contributed by atoms with Crippen molar-refractivity contribution in [1.29, 1.82) is 0 Å². The van der Waals surface area contributed by atoms with Crippen LogP contribution in [0.4, 0.5) is 5.69 Å². The molecular weight excluding hydrogens is 320 g/mol. The molecule has 1 aromatic rings. The van der Waals surface area contributed by atoms with E-state index in [1.807, 2.05) is 20.8 Å². The highest BCUT2D eigenvalue weighted by Crippen LogP contribution is 2.35. The van der Waals surface area contributed by atoms with E-state index in [9.17, 15) is 13.2 Å². The maximum absolute atomic E-state index is 12.6. The monoisotopic (exact) mass is 344 g/mol. The van der Waals surface area contributed by atoms with Gasteiger partial charge in [0.05, 0.1) is 31.7 Å². The molecule has 0 aliphatic heterocycles. The number of hydrogen-bond donors (Lipinski definition) is 1. The number of carbonyl (C=O) groups excluding carboxylic acids is 1. The molecule has 0 radical (unpaired) electrons. The molecule has 0 aromatic heterocycles. The molecule has 23 heavy (non-hydrogen) atoms. The standard InChI is InChI=1S/C15H24N2O5S/c1-15(2,3)16-14(18)10-8-12(21-5)13(22-6)9-11(10)17(4)23(7,19)20/h8-9H,1-7H3,(H,16,18). The third-order valence-corrected chi connectivity index (χ3v) is 4.26. The molecule has 0 bridgehead atoms. The maximum Gasteiger partial charge on any atom is 0.253 e. The van der Waals surface area contributed by atoms with Crippen LogP contribution in [0, 0.1) is 0 Å². The van der Waals surface area contributed by atoms with Crippen molar-refractivity contribution in [2.24, 2.45) is 0 Å². The van der Waals surface area contributed by atoms with E-state index in [0.717, 1.165) is 10.6 Å². The number of rotatable bonds is 5. The second-order valence-corrected chi connectivity index (χ2v) is 8.17. The molecule has 130 valence electrons. The van der Waals surface area contributed by atoms with Crippen molar-refractivity contribution >= 4 is 21.6 Å². The van der Waals surface area contributed by atoms with Gasteiger partial charge in [0.2, 0.25) is 10.0 Å². The fourth-order valence-corrected chi connectivity index (χ4v) is 2.41. The third kappa shape index (κ3) is 4.75. The summed E-state index contributed by atoms with van der Waals surface area (Å²) in [7, 11) is 0.725. The summed E-state index contributed by atoms with van der Waals surface area (Å²) in [5, 5.41) is 2.81. The first kappa shape index (κ1) is 19.1. The Balaban J connectivity index is 3.55. The van der Waals surface area contributed by atoms with Crippen LogP contribution in [-0.4, -0.2) is 47.4 Å². The van der Waals surface area contributed by atoms with Crippen molar-refractivity contribution in [2.75, 3.05) is 31.8 Å². The van der Waals surface area contributed by atoms with Gasteiger partial charge in [0.1, 0.15) is 0 Å². The molecule has 0 saturated carbocycles. The number of ether oxygens (including phenoxy) is 2. The van der Waals surface area contributed by atoms with Crippen molar-refractivity contribution in [3.8, 4) is 11.5 Å². The Morgan fingerprint density at radius 1 is 1.13 bits per heavy atom. The van der Waals surface area contributed by atoms with Gasteiger partial charge >= 0.3 is 0 Å². The minimum Gasteiger partial charge on any atom is -0.493 e. The van der Waals surface area contributed by atoms with Crippen molar-refractivity contribution in [3.05, 3.63) is 17.7 Å². The molecule has 0 unspecified atom stereocenters. The van der Waals surface area contributed by atoms with Crippen LogP contribution in [0.5, 0.6) is 11.5 Å². The van der Waals surface area contributed by atoms with Gasteiger partial charge in [-0.3, -0.25) is 9.10 Å². The van der Waals surface area contributed by atoms with E-state index >= 15 is 0 Å². The molecule has 0 heterocycles. The fourth-order valence-electron chi connectivity index (χ4n) is 1.90. The lowest BCUT2D eigenvalue weighted by Crippen LogP contribution is -2.41. The number of sulfonamides is 1. The van der Waals surface area contributed by atoms with Crippen LogP contribution >= 0.6 is 0 Å². The van der Waals surface area contributed by atoms with Gasteiger partial charge in [0.25, 0.3) is 5.91 Å². The minimum absolute atomic E-state index is 0.186. The van der Waals surface area contributed by atoms with Crippen molar-refractivity contribution in [1.82, 2.24) is 5.32 Å². The number of nitrogens with zero attached hydrogens (tertiary/aromatic N) is 1. The second-order valence-electron chi connectivity index (χ2n) is 6.16. The Morgan fingerprint density at radius 2 is 1.61 bits per heavy atom. The summed E-state index contributed by atoms with van der Waals surface area (Å²) < 4.78 is 35.2. The van der Waals surface area contributed by atoms with E-state index in [2.05, 4.69) is 5.32 Å². The summed E-state index contributed by atoms with van der Waals surface area (Å²) in [5.74, 6) is 0.284. The summed E-state index contributed by atoms with van der Waals surface area (Å²) in [6.45, 7) is 5.52. The lowest BCUT2D eigenvalue weighted by atomic mass is 10.1. The van der Waals surface area contributed by atoms with Crippen LogP contribution in [-0.2, 0) is 10.0 Å². The molecule has 1 rings (SSSR count). The van der Waals surface area contributed by atoms with E-state index in [-0.39, 0.29) is 11.3 Å². The van der Waals surface area contributed by atoms with Gasteiger partial charge in [-0.1, -0.05) is 0 Å². The topological polar surface area (TPSA) is 84.9 Å². The van der Waals surface area contributed by atoms with Gasteiger partial charge in [-0.2, -0.15) is 0 Å². The zero-order chi connectivity index (χ0) is 18.0. The van der Waals surface area contributed by atoms with Crippen LogP contribution < -0.4 is 19.1 Å². The summed E-state index contributed by atoms with van der Waals surface area (Å²) in [6, 6.07) is 2.94. The quantitative estimate of drug-likeness (QED) is 0.877. The van der Waals surface area contributed by atoms with Gasteiger partial charge in [0.15, 0.2) is 11.5 Å². The van der Waals surface area contributed by atoms with Gasteiger partial charge in [-0.05, 0) is 26.8 Å². The molecule has 1 amide bonds. The van der Waals surface area contributed by atoms with Crippen molar-refractivity contribution < 1.29 is 22.7 Å². The van der Waals surface area contributed by atoms with Crippen LogP contribution in [0.25, 0.3) is 0 Å². The molecule has 0 atom stereocenters. The summed E-state index contributed by atoms with van der Waals surface area (Å²) in [5.41, 5.74) is -0.0667. The van der Waals surface area contributed by atoms with E-state index in [1.165, 1.54) is 33.4 Å². The van der Waals surface area contributed by atoms with Gasteiger partial charge in [-0.25, -0.2) is 8.42 Å². The van der Waals surface area contributed by atoms with E-state index in [0.29, 0.717) is 11.5 Å². The number of nitrogens with one attached hydrogen (secondary N) is 1. The Labute approximate surface area is 137 Å². The number of anilines is 1. The third-order valence-electron chi connectivity index (χ3n) is 3.07. The first-order valence-electron chi connectivity index (χ1n) is 6.93. The van der Waals surface area contributed by atoms with Gasteiger partial charge in [-0.15, -0.1) is 0 Å². The summed E-state index contributed by atoms with van der Waals surface area (Å²) in [6.07, 6.45) is 1.06. The van der Waals surface area contributed by atoms with E-state index in [4.69, 9.17) is 9.47 Å². The predicted molar refractivity (Wildman–Crippen MR) is 90.0 cm³/mol. The Morgan fingerprint density at radius 3 is 2.00 bits per heavy atom. The molecular formula is C15H24N2O5S. The molecule has 0 aliphatic rings. The Bertz CT molecular complexity index is 693. The molecule has 0 spiro atoms. The molecule has 0 aliphatic carbocycles. The van der Waals surface area contributed by atoms with Gasteiger partial charge < -0.3 is 14.8 Å². The van der Waals surface area contributed by atoms with Crippen LogP contribution in [0.2, 0.25) is 0 Å². The lowest BCUT2D eigenvalue weighted by molar-refractivity contribution is 0.0920. The Hall–Kier alpha value is -1.96. The molecule has 1 aromatic carbocycles. The number of benzene rings is 1. The van der Waals surface area contributed by atoms with Gasteiger partial charge in [0, 0.05) is 18.7 Å². The van der Waals surface area contributed by atoms with Crippen LogP contribution in [0.3, 0.4) is 0 Å². The molecule has 7 nitrogen and oxygen atoms in total. The molecule has 1 N–H and O–H groups in total. The fraction of sp³-hybridized carbons (Fsp3) is 0.533. The zero-order valence-corrected chi connectivity index (χ0v) is 15.4. The average molecular weight is 344 g/mol. The summed E-state index contributed by atoms with van der Waals surface area (Å²) >= 11 is 0. The van der Waals surface area contributed by atoms with E-state index in [1.54, 1.807) is 0 Å². The second kappa shape index (κ2) is 6.66. The highest BCUT2D eigenvalue weighted by atomic mass is 32.2. The van der Waals surface area contributed by atoms with Crippen LogP contribution in [0.15, 0.2) is 12.1 Å². The zero-order valence-electron chi connectivity index (χ0n) is 14.6. The predicted octanol–water partition coefficient (Wildman–Crippen LogP) is 1.63. The molecule has 0 fully saturated rings. The number of amides is 1. The number of hydrogen-bond acceptors (Lipinski definition) is 5. The first-order chi connectivity index (χ1) is 10.4. The van der Waals surface area contributed by atoms with Crippen LogP contribution in [0.1, 0.15) is 31.1 Å². The number of methoxy groups -OCH3 is 2. The molecule has 8 heteroatoms. The largest absolute Gasteiger partial charge is 0.493 e. The molecule has 0 saturated heterocycles. The number of carbonyl (C=O) groups is 1. The highest BCUT2D eigenvalue weighted by molar-refractivity contribution is 7.92. The maximum atomic E-state index is 12.6. The highest BCUT2D eigenvalue weighted by Gasteiger charge is 2.25. The van der Waals surface area contributed by atoms with Crippen molar-refractivity contribution in [3.63, 3.8) is 0 Å². The lowest BCUT2D eigenvalue weighted by Gasteiger charge is -2.25. The average Bonchev–Trinajstić information content (AvgIpc) is 2.42. The smallest absolute Gasteiger partial charge is 0.253 e. The SMILES string of the molecule is COc1cc(C(=O)NC(C)(C)C)c(N(C)S(C)(=O)=O)cc1OC. The minimum atomic E-state index is -3.54. The summed E-state index contributed by atoms with van der Waals surface area (Å²) in [4.78, 5) is 12.6. The van der Waals surface area contributed by atoms with Crippen molar-refractivity contribution in [2.45, 2.75) is 26.3 Å². The normalized spacial score (nSPS) is 11.8. The first-order valence-corrected chi connectivity index (χ1v) is 8.78.